The maximum absolute atomic E-state index is 13.2. The zero-order valence-electron chi connectivity index (χ0n) is 24.2. The molecule has 48 heavy (non-hydrogen) atoms. The second kappa shape index (κ2) is 11.9. The van der Waals surface area contributed by atoms with Crippen molar-refractivity contribution < 1.29 is 17.9 Å². The lowest BCUT2D eigenvalue weighted by molar-refractivity contribution is -0.274. The molecule has 0 bridgehead atoms. The number of alkyl halides is 3. The van der Waals surface area contributed by atoms with Gasteiger partial charge in [0.05, 0.1) is 49.6 Å². The molecular weight excluding hydrogens is 617 g/mol. The lowest BCUT2D eigenvalue weighted by Crippen LogP contribution is -2.18. The summed E-state index contributed by atoms with van der Waals surface area (Å²) in [6, 6.07) is 18.1. The Labute approximate surface area is 271 Å². The van der Waals surface area contributed by atoms with Crippen LogP contribution in [0.1, 0.15) is 44.5 Å². The number of ether oxygens (including phenoxy) is 1. The molecule has 0 atom stereocenters. The molecule has 0 aromatic heterocycles. The minimum Gasteiger partial charge on any atom is -0.404 e. The molecular formula is C36H11F3N8O. The normalized spacial score (nSPS) is 14.8. The number of halogens is 3. The van der Waals surface area contributed by atoms with Crippen LogP contribution in [0.15, 0.2) is 59.9 Å². The van der Waals surface area contributed by atoms with Gasteiger partial charge >= 0.3 is 6.36 Å². The Morgan fingerprint density at radius 2 is 1.29 bits per heavy atom. The van der Waals surface area contributed by atoms with Crippen LogP contribution in [0.5, 0.6) is 5.75 Å². The number of nitrogens with zero attached hydrogens (tertiary/aromatic N) is 8. The van der Waals surface area contributed by atoms with E-state index in [0.29, 0.717) is 16.8 Å². The molecule has 0 aliphatic heterocycles. The summed E-state index contributed by atoms with van der Waals surface area (Å²) in [7, 11) is 0. The third-order valence-electron chi connectivity index (χ3n) is 7.56. The van der Waals surface area contributed by atoms with Crippen molar-refractivity contribution in [3.8, 4) is 30.0 Å². The summed E-state index contributed by atoms with van der Waals surface area (Å²) in [5.74, 6) is -0.866. The molecule has 0 heterocycles. The second-order valence-corrected chi connectivity index (χ2v) is 10.0. The largest absolute Gasteiger partial charge is 0.573 e. The monoisotopic (exact) mass is 628 g/mol. The molecule has 0 amide bonds. The lowest BCUT2D eigenvalue weighted by atomic mass is 9.90. The minimum absolute atomic E-state index is 0.0235. The Hall–Kier alpha value is -7.87. The number of nitriles is 4. The SMILES string of the molecule is [C-]#[N+]C1=C(c2ccc([N+]#[C-])c(C)c2)/C(=C(/C#N)[N+]#[C-])c2cc3c(cc21)C(C#N)=C(c1ccc(C#N)c(OC(F)(F)F)c1)/C3=C(\C#N)[N+]#[C-]. The molecule has 222 valence electrons. The van der Waals surface area contributed by atoms with Crippen LogP contribution in [0.4, 0.5) is 18.9 Å². The van der Waals surface area contributed by atoms with E-state index in [2.05, 4.69) is 24.1 Å². The molecule has 0 N–H and O–H groups in total. The Morgan fingerprint density at radius 3 is 1.81 bits per heavy atom. The number of rotatable bonds is 3. The first-order valence-electron chi connectivity index (χ1n) is 13.3. The van der Waals surface area contributed by atoms with E-state index in [1.54, 1.807) is 37.3 Å². The molecule has 0 unspecified atom stereocenters. The third kappa shape index (κ3) is 4.94. The third-order valence-corrected chi connectivity index (χ3v) is 7.56. The van der Waals surface area contributed by atoms with Crippen molar-refractivity contribution in [3.05, 3.63) is 150 Å². The average Bonchev–Trinajstić information content (AvgIpc) is 3.56. The van der Waals surface area contributed by atoms with Crippen molar-refractivity contribution in [2.45, 2.75) is 13.3 Å². The number of fused-ring (bicyclic) bond motifs is 2. The van der Waals surface area contributed by atoms with Gasteiger partial charge in [-0.2, -0.15) is 10.5 Å². The highest BCUT2D eigenvalue weighted by Gasteiger charge is 2.38. The zero-order chi connectivity index (χ0) is 34.9. The molecule has 0 fully saturated rings. The fourth-order valence-electron chi connectivity index (χ4n) is 5.68. The summed E-state index contributed by atoms with van der Waals surface area (Å²) in [5.41, 5.74) is 0.660. The fraction of sp³-hybridized carbons (Fsp3) is 0.0556. The van der Waals surface area contributed by atoms with Gasteiger partial charge in [-0.1, -0.05) is 30.3 Å². The molecule has 5 rings (SSSR count). The van der Waals surface area contributed by atoms with Crippen molar-refractivity contribution in [1.29, 1.82) is 21.0 Å². The van der Waals surface area contributed by atoms with Crippen LogP contribution in [-0.4, -0.2) is 6.36 Å². The van der Waals surface area contributed by atoms with Crippen molar-refractivity contribution in [1.82, 2.24) is 0 Å². The summed E-state index contributed by atoms with van der Waals surface area (Å²) in [4.78, 5) is 13.9. The van der Waals surface area contributed by atoms with Crippen molar-refractivity contribution in [2.24, 2.45) is 0 Å². The lowest BCUT2D eigenvalue weighted by Gasteiger charge is -2.14. The van der Waals surface area contributed by atoms with Gasteiger partial charge in [-0.05, 0) is 80.8 Å². The summed E-state index contributed by atoms with van der Waals surface area (Å²) in [6.45, 7) is 32.6. The molecule has 0 saturated carbocycles. The number of hydrogen-bond donors (Lipinski definition) is 0. The molecule has 2 aliphatic carbocycles. The first-order chi connectivity index (χ1) is 23.0. The van der Waals surface area contributed by atoms with E-state index in [0.717, 1.165) is 12.1 Å². The second-order valence-electron chi connectivity index (χ2n) is 10.0. The van der Waals surface area contributed by atoms with E-state index in [9.17, 15) is 34.2 Å². The molecule has 3 aromatic carbocycles. The molecule has 12 heteroatoms. The first-order valence-corrected chi connectivity index (χ1v) is 13.3. The van der Waals surface area contributed by atoms with Gasteiger partial charge in [-0.25, -0.2) is 29.9 Å². The maximum Gasteiger partial charge on any atom is 0.573 e. The van der Waals surface area contributed by atoms with Crippen LogP contribution in [0.25, 0.3) is 52.9 Å². The summed E-state index contributed by atoms with van der Waals surface area (Å²) >= 11 is 0. The number of allylic oxidation sites excluding steroid dienone is 7. The van der Waals surface area contributed by atoms with Crippen LogP contribution in [-0.2, 0) is 0 Å². The number of aryl methyl sites for hydroxylation is 1. The summed E-state index contributed by atoms with van der Waals surface area (Å²) < 4.78 is 43.8. The van der Waals surface area contributed by atoms with Crippen LogP contribution in [0, 0.1) is 78.5 Å². The van der Waals surface area contributed by atoms with Gasteiger partial charge in [0.2, 0.25) is 5.70 Å². The van der Waals surface area contributed by atoms with Gasteiger partial charge in [0.1, 0.15) is 17.9 Å². The first kappa shape index (κ1) is 31.6. The van der Waals surface area contributed by atoms with Gasteiger partial charge in [-0.15, -0.1) is 13.2 Å². The molecule has 2 aliphatic rings. The standard InChI is InChI=1S/C36H11F3N8O/c1-18-10-19(8-9-27(18)44-2)32-34(29(17-43)46-4)24-13-23-22(12-25(24)35(32)47-5)26(15-41)31(33(23)28(16-42)45-3)20-6-7-21(14-40)30(11-20)48-36(37,38)39/h6-13H,1H3/b33-28+,34-29-. The highest BCUT2D eigenvalue weighted by Crippen LogP contribution is 2.55. The number of benzene rings is 3. The topological polar surface area (TPSA) is 122 Å². The summed E-state index contributed by atoms with van der Waals surface area (Å²) in [5, 5.41) is 39.7. The molecule has 0 spiro atoms. The fourth-order valence-corrected chi connectivity index (χ4v) is 5.68. The van der Waals surface area contributed by atoms with Gasteiger partial charge < -0.3 is 4.74 Å². The van der Waals surface area contributed by atoms with Gasteiger partial charge in [0.15, 0.2) is 5.69 Å². The minimum atomic E-state index is -5.16. The van der Waals surface area contributed by atoms with E-state index in [1.807, 2.05) is 12.1 Å². The Balaban J connectivity index is 1.90. The maximum atomic E-state index is 13.2. The quantitative estimate of drug-likeness (QED) is 0.212. The molecule has 9 nitrogen and oxygen atoms in total. The van der Waals surface area contributed by atoms with Gasteiger partial charge in [-0.3, -0.25) is 0 Å². The molecule has 3 aromatic rings. The van der Waals surface area contributed by atoms with Crippen molar-refractivity contribution >= 4 is 39.2 Å². The predicted octanol–water partition coefficient (Wildman–Crippen LogP) is 8.87. The Bertz CT molecular complexity index is 2480. The van der Waals surface area contributed by atoms with E-state index >= 15 is 0 Å². The highest BCUT2D eigenvalue weighted by atomic mass is 19.4. The van der Waals surface area contributed by atoms with Crippen LogP contribution in [0.2, 0.25) is 0 Å². The predicted molar refractivity (Wildman–Crippen MR) is 166 cm³/mol. The van der Waals surface area contributed by atoms with E-state index in [1.165, 1.54) is 18.2 Å². The van der Waals surface area contributed by atoms with Crippen LogP contribution in [0.3, 0.4) is 0 Å². The van der Waals surface area contributed by atoms with Crippen LogP contribution < -0.4 is 4.74 Å². The summed E-state index contributed by atoms with van der Waals surface area (Å²) in [6.07, 6.45) is -5.16. The Kier molecular flexibility index (Phi) is 7.83. The van der Waals surface area contributed by atoms with Crippen molar-refractivity contribution in [3.63, 3.8) is 0 Å². The van der Waals surface area contributed by atoms with Crippen LogP contribution >= 0.6 is 0 Å². The Morgan fingerprint density at radius 1 is 0.708 bits per heavy atom. The zero-order valence-corrected chi connectivity index (χ0v) is 24.2. The van der Waals surface area contributed by atoms with Gasteiger partial charge in [0.25, 0.3) is 11.4 Å². The average molecular weight is 629 g/mol. The number of hydrogen-bond acceptors (Lipinski definition) is 5. The van der Waals surface area contributed by atoms with Crippen molar-refractivity contribution in [2.75, 3.05) is 0 Å². The van der Waals surface area contributed by atoms with E-state index < -0.39 is 23.4 Å². The molecule has 0 radical (unpaired) electrons. The van der Waals surface area contributed by atoms with E-state index in [-0.39, 0.29) is 67.1 Å². The van der Waals surface area contributed by atoms with Gasteiger partial charge in [0, 0.05) is 5.57 Å². The highest BCUT2D eigenvalue weighted by molar-refractivity contribution is 6.29. The smallest absolute Gasteiger partial charge is 0.404 e. The van der Waals surface area contributed by atoms with E-state index in [4.69, 9.17) is 26.3 Å². The molecule has 0 saturated heterocycles.